The van der Waals surface area contributed by atoms with Gasteiger partial charge in [-0.1, -0.05) is 0 Å². The molecule has 21 heavy (non-hydrogen) atoms. The minimum atomic E-state index is -1.17. The highest BCUT2D eigenvalue weighted by atomic mass is 16.4. The Morgan fingerprint density at radius 1 is 1.00 bits per heavy atom. The van der Waals surface area contributed by atoms with Gasteiger partial charge < -0.3 is 21.1 Å². The number of anilines is 1. The second kappa shape index (κ2) is 7.63. The molecule has 0 unspecified atom stereocenters. The Morgan fingerprint density at radius 2 is 1.62 bits per heavy atom. The predicted octanol–water partition coefficient (Wildman–Crippen LogP) is 0.212. The van der Waals surface area contributed by atoms with E-state index in [0.29, 0.717) is 11.3 Å². The van der Waals surface area contributed by atoms with Crippen molar-refractivity contribution in [2.45, 2.75) is 6.92 Å². The number of aliphatic carboxylic acids is 1. The number of hydrogen-bond acceptors (Lipinski definition) is 4. The van der Waals surface area contributed by atoms with Crippen LogP contribution in [0.1, 0.15) is 17.3 Å². The minimum absolute atomic E-state index is 0.0823. The number of rotatable bonds is 6. The molecule has 112 valence electrons. The van der Waals surface area contributed by atoms with Crippen molar-refractivity contribution in [1.82, 2.24) is 10.6 Å². The van der Waals surface area contributed by atoms with Crippen molar-refractivity contribution in [3.05, 3.63) is 29.8 Å². The van der Waals surface area contributed by atoms with Crippen molar-refractivity contribution in [2.75, 3.05) is 18.4 Å². The molecule has 8 heteroatoms. The number of amides is 3. The first-order valence-electron chi connectivity index (χ1n) is 6.03. The molecule has 0 atom stereocenters. The van der Waals surface area contributed by atoms with Gasteiger partial charge in [0.25, 0.3) is 0 Å². The summed E-state index contributed by atoms with van der Waals surface area (Å²) in [4.78, 5) is 44.0. The number of carboxylic acid groups (broad SMARTS) is 1. The second-order valence-corrected chi connectivity index (χ2v) is 4.11. The van der Waals surface area contributed by atoms with Crippen LogP contribution in [-0.2, 0) is 9.59 Å². The number of carbonyl (C=O) groups excluding carboxylic acids is 3. The summed E-state index contributed by atoms with van der Waals surface area (Å²) in [6.45, 7) is 0.587. The molecular formula is C13H15N3O5. The quantitative estimate of drug-likeness (QED) is 0.558. The summed E-state index contributed by atoms with van der Waals surface area (Å²) < 4.78 is 0. The molecule has 3 amide bonds. The third-order valence-corrected chi connectivity index (χ3v) is 2.40. The molecule has 1 aromatic carbocycles. The van der Waals surface area contributed by atoms with Crippen molar-refractivity contribution in [1.29, 1.82) is 0 Å². The molecule has 0 aliphatic carbocycles. The molecule has 0 aromatic heterocycles. The van der Waals surface area contributed by atoms with Crippen LogP contribution in [0.3, 0.4) is 0 Å². The maximum Gasteiger partial charge on any atom is 0.322 e. The largest absolute Gasteiger partial charge is 0.480 e. The molecule has 0 saturated carbocycles. The number of benzene rings is 1. The number of urea groups is 1. The molecule has 0 heterocycles. The van der Waals surface area contributed by atoms with E-state index in [-0.39, 0.29) is 12.3 Å². The fourth-order valence-electron chi connectivity index (χ4n) is 1.36. The number of nitrogens with one attached hydrogen (secondary N) is 3. The van der Waals surface area contributed by atoms with E-state index in [1.165, 1.54) is 6.92 Å². The Bertz CT molecular complexity index is 553. The maximum absolute atomic E-state index is 11.5. The van der Waals surface area contributed by atoms with Crippen LogP contribution in [0.5, 0.6) is 0 Å². The maximum atomic E-state index is 11.5. The molecule has 0 bridgehead atoms. The number of carbonyl (C=O) groups is 4. The van der Waals surface area contributed by atoms with Gasteiger partial charge in [-0.05, 0) is 31.2 Å². The Balaban J connectivity index is 2.38. The van der Waals surface area contributed by atoms with E-state index in [2.05, 4.69) is 16.0 Å². The second-order valence-electron chi connectivity index (χ2n) is 4.11. The summed E-state index contributed by atoms with van der Waals surface area (Å²) in [6.07, 6.45) is 0. The van der Waals surface area contributed by atoms with Gasteiger partial charge in [-0.2, -0.15) is 0 Å². The Morgan fingerprint density at radius 3 is 2.14 bits per heavy atom. The third-order valence-electron chi connectivity index (χ3n) is 2.40. The van der Waals surface area contributed by atoms with Gasteiger partial charge in [-0.25, -0.2) is 4.79 Å². The molecule has 0 fully saturated rings. The lowest BCUT2D eigenvalue weighted by atomic mass is 10.1. The molecule has 1 aromatic rings. The van der Waals surface area contributed by atoms with Crippen LogP contribution in [0.2, 0.25) is 0 Å². The predicted molar refractivity (Wildman–Crippen MR) is 74.1 cm³/mol. The zero-order valence-electron chi connectivity index (χ0n) is 11.3. The number of ketones is 1. The first-order chi connectivity index (χ1) is 9.88. The lowest BCUT2D eigenvalue weighted by molar-refractivity contribution is -0.137. The van der Waals surface area contributed by atoms with Gasteiger partial charge in [0.2, 0.25) is 5.91 Å². The van der Waals surface area contributed by atoms with Gasteiger partial charge in [0.05, 0.1) is 6.54 Å². The van der Waals surface area contributed by atoms with Crippen LogP contribution in [-0.4, -0.2) is 41.9 Å². The van der Waals surface area contributed by atoms with Gasteiger partial charge in [0.15, 0.2) is 5.78 Å². The zero-order chi connectivity index (χ0) is 15.8. The summed E-state index contributed by atoms with van der Waals surface area (Å²) in [6, 6.07) is 5.63. The van der Waals surface area contributed by atoms with E-state index in [1.54, 1.807) is 24.3 Å². The van der Waals surface area contributed by atoms with Crippen molar-refractivity contribution in [3.63, 3.8) is 0 Å². The first-order valence-corrected chi connectivity index (χ1v) is 6.03. The summed E-state index contributed by atoms with van der Waals surface area (Å²) in [5, 5.41) is 15.2. The molecule has 0 saturated heterocycles. The van der Waals surface area contributed by atoms with E-state index in [9.17, 15) is 19.2 Å². The SMILES string of the molecule is CC(=O)c1ccc(NC(=O)NCC(=O)NCC(=O)O)cc1. The third kappa shape index (κ3) is 6.19. The Kier molecular flexibility index (Phi) is 5.87. The number of carboxylic acids is 1. The van der Waals surface area contributed by atoms with E-state index in [4.69, 9.17) is 5.11 Å². The number of hydrogen-bond donors (Lipinski definition) is 4. The van der Waals surface area contributed by atoms with Crippen molar-refractivity contribution in [2.24, 2.45) is 0 Å². The molecule has 1 rings (SSSR count). The smallest absolute Gasteiger partial charge is 0.322 e. The van der Waals surface area contributed by atoms with Crippen molar-refractivity contribution < 1.29 is 24.3 Å². The summed E-state index contributed by atoms with van der Waals surface area (Å²) in [5.74, 6) is -1.86. The summed E-state index contributed by atoms with van der Waals surface area (Å²) in [7, 11) is 0. The minimum Gasteiger partial charge on any atom is -0.480 e. The normalized spacial score (nSPS) is 9.57. The number of Topliss-reactive ketones (excluding diaryl/α,β-unsaturated/α-hetero) is 1. The molecule has 8 nitrogen and oxygen atoms in total. The van der Waals surface area contributed by atoms with E-state index >= 15 is 0 Å². The summed E-state index contributed by atoms with van der Waals surface area (Å²) in [5.41, 5.74) is 0.984. The molecule has 0 aliphatic rings. The van der Waals surface area contributed by atoms with Gasteiger partial charge in [-0.15, -0.1) is 0 Å². The topological polar surface area (TPSA) is 125 Å². The Hall–Kier alpha value is -2.90. The average Bonchev–Trinajstić information content (AvgIpc) is 2.43. The zero-order valence-corrected chi connectivity index (χ0v) is 11.3. The lowest BCUT2D eigenvalue weighted by Gasteiger charge is -2.08. The highest BCUT2D eigenvalue weighted by molar-refractivity contribution is 5.96. The average molecular weight is 293 g/mol. The summed E-state index contributed by atoms with van der Waals surface area (Å²) >= 11 is 0. The highest BCUT2D eigenvalue weighted by Crippen LogP contribution is 2.09. The van der Waals surface area contributed by atoms with E-state index in [1.807, 2.05) is 0 Å². The van der Waals surface area contributed by atoms with Crippen molar-refractivity contribution >= 4 is 29.4 Å². The van der Waals surface area contributed by atoms with E-state index < -0.39 is 24.5 Å². The van der Waals surface area contributed by atoms with Gasteiger partial charge in [0.1, 0.15) is 6.54 Å². The van der Waals surface area contributed by atoms with E-state index in [0.717, 1.165) is 0 Å². The molecule has 0 aliphatic heterocycles. The molecule has 4 N–H and O–H groups in total. The fourth-order valence-corrected chi connectivity index (χ4v) is 1.36. The monoisotopic (exact) mass is 293 g/mol. The molecule has 0 spiro atoms. The van der Waals surface area contributed by atoms with Crippen LogP contribution < -0.4 is 16.0 Å². The standard InChI is InChI=1S/C13H15N3O5/c1-8(17)9-2-4-10(5-3-9)16-13(21)15-6-11(18)14-7-12(19)20/h2-5H,6-7H2,1H3,(H,14,18)(H,19,20)(H2,15,16,21). The lowest BCUT2D eigenvalue weighted by Crippen LogP contribution is -2.40. The van der Waals surface area contributed by atoms with Gasteiger partial charge in [0, 0.05) is 11.3 Å². The molecular weight excluding hydrogens is 278 g/mol. The van der Waals surface area contributed by atoms with Gasteiger partial charge in [-0.3, -0.25) is 14.4 Å². The highest BCUT2D eigenvalue weighted by Gasteiger charge is 2.07. The van der Waals surface area contributed by atoms with Crippen LogP contribution in [0.4, 0.5) is 10.5 Å². The molecule has 0 radical (unpaired) electrons. The fraction of sp³-hybridized carbons (Fsp3) is 0.231. The Labute approximate surface area is 120 Å². The van der Waals surface area contributed by atoms with Crippen LogP contribution in [0.15, 0.2) is 24.3 Å². The van der Waals surface area contributed by atoms with Crippen LogP contribution in [0, 0.1) is 0 Å². The van der Waals surface area contributed by atoms with Gasteiger partial charge >= 0.3 is 12.0 Å². The van der Waals surface area contributed by atoms with Crippen LogP contribution in [0.25, 0.3) is 0 Å². The first kappa shape index (κ1) is 16.2. The van der Waals surface area contributed by atoms with Crippen LogP contribution >= 0.6 is 0 Å². The van der Waals surface area contributed by atoms with Crippen molar-refractivity contribution in [3.8, 4) is 0 Å².